The van der Waals surface area contributed by atoms with Gasteiger partial charge in [-0.1, -0.05) is 12.1 Å². The molecule has 0 atom stereocenters. The second-order valence-corrected chi connectivity index (χ2v) is 7.43. The lowest BCUT2D eigenvalue weighted by Gasteiger charge is -2.31. The maximum atomic E-state index is 12.6. The van der Waals surface area contributed by atoms with Gasteiger partial charge in [-0.25, -0.2) is 8.42 Å². The van der Waals surface area contributed by atoms with Crippen molar-refractivity contribution >= 4 is 28.2 Å². The molecule has 0 unspecified atom stereocenters. The van der Waals surface area contributed by atoms with Crippen LogP contribution in [0.15, 0.2) is 29.2 Å². The van der Waals surface area contributed by atoms with E-state index in [0.29, 0.717) is 24.6 Å². The van der Waals surface area contributed by atoms with E-state index in [0.717, 1.165) is 19.4 Å². The van der Waals surface area contributed by atoms with Crippen LogP contribution in [0, 0.1) is 5.92 Å². The molecule has 0 bridgehead atoms. The second kappa shape index (κ2) is 8.06. The lowest BCUT2D eigenvalue weighted by molar-refractivity contribution is 0.101. The molecule has 5 nitrogen and oxygen atoms in total. The average Bonchev–Trinajstić information content (AvgIpc) is 2.48. The first-order valence-corrected chi connectivity index (χ1v) is 8.65. The first-order chi connectivity index (χ1) is 9.95. The predicted molar refractivity (Wildman–Crippen MR) is 89.1 cm³/mol. The molecule has 0 aromatic heterocycles. The molecular weight excluding hydrogens is 324 g/mol. The molecular formula is C15H23ClN2O3S. The highest BCUT2D eigenvalue weighted by molar-refractivity contribution is 7.89. The number of carbonyl (C=O) groups is 1. The highest BCUT2D eigenvalue weighted by atomic mass is 35.5. The summed E-state index contributed by atoms with van der Waals surface area (Å²) < 4.78 is 26.8. The molecule has 22 heavy (non-hydrogen) atoms. The van der Waals surface area contributed by atoms with Crippen molar-refractivity contribution in [2.75, 3.05) is 26.7 Å². The van der Waals surface area contributed by atoms with Crippen molar-refractivity contribution in [1.29, 1.82) is 0 Å². The molecule has 1 aliphatic rings. The quantitative estimate of drug-likeness (QED) is 0.827. The highest BCUT2D eigenvalue weighted by Crippen LogP contribution is 2.24. The zero-order valence-electron chi connectivity index (χ0n) is 12.9. The Morgan fingerprint density at radius 2 is 1.95 bits per heavy atom. The number of ketones is 1. The van der Waals surface area contributed by atoms with E-state index in [2.05, 4.69) is 5.32 Å². The van der Waals surface area contributed by atoms with E-state index >= 15 is 0 Å². The van der Waals surface area contributed by atoms with Gasteiger partial charge in [0.05, 0.1) is 4.90 Å². The molecule has 0 spiro atoms. The van der Waals surface area contributed by atoms with Crippen LogP contribution >= 0.6 is 12.4 Å². The van der Waals surface area contributed by atoms with Crippen LogP contribution in [-0.4, -0.2) is 45.2 Å². The third-order valence-corrected chi connectivity index (χ3v) is 5.84. The number of carbonyl (C=O) groups excluding carboxylic acids is 1. The molecule has 1 aromatic carbocycles. The van der Waals surface area contributed by atoms with Crippen LogP contribution in [-0.2, 0) is 10.0 Å². The van der Waals surface area contributed by atoms with Gasteiger partial charge in [-0.3, -0.25) is 4.79 Å². The summed E-state index contributed by atoms with van der Waals surface area (Å²) in [4.78, 5) is 11.6. The van der Waals surface area contributed by atoms with Crippen molar-refractivity contribution in [3.8, 4) is 0 Å². The van der Waals surface area contributed by atoms with Gasteiger partial charge in [-0.2, -0.15) is 4.31 Å². The standard InChI is InChI=1S/C15H22N2O3S.ClH/c1-12(18)14-4-3-5-15(10-14)21(19,20)17-8-6-13(7-9-17)11-16-2;/h3-5,10,13,16H,6-9,11H2,1-2H3;1H. The van der Waals surface area contributed by atoms with Crippen LogP contribution in [0.1, 0.15) is 30.1 Å². The van der Waals surface area contributed by atoms with Gasteiger partial charge in [0.2, 0.25) is 10.0 Å². The first kappa shape index (κ1) is 19.1. The Kier molecular flexibility index (Phi) is 6.99. The number of benzene rings is 1. The number of rotatable bonds is 5. The number of hydrogen-bond acceptors (Lipinski definition) is 4. The minimum absolute atomic E-state index is 0. The van der Waals surface area contributed by atoms with Crippen molar-refractivity contribution in [3.63, 3.8) is 0 Å². The van der Waals surface area contributed by atoms with Crippen LogP contribution < -0.4 is 5.32 Å². The summed E-state index contributed by atoms with van der Waals surface area (Å²) in [6.45, 7) is 3.45. The molecule has 2 rings (SSSR count). The monoisotopic (exact) mass is 346 g/mol. The number of halogens is 1. The molecule has 1 fully saturated rings. The fourth-order valence-corrected chi connectivity index (χ4v) is 4.18. The number of nitrogens with zero attached hydrogens (tertiary/aromatic N) is 1. The molecule has 1 saturated heterocycles. The molecule has 1 aliphatic heterocycles. The van der Waals surface area contributed by atoms with Gasteiger partial charge >= 0.3 is 0 Å². The highest BCUT2D eigenvalue weighted by Gasteiger charge is 2.29. The largest absolute Gasteiger partial charge is 0.319 e. The number of nitrogens with one attached hydrogen (secondary N) is 1. The van der Waals surface area contributed by atoms with Crippen LogP contribution in [0.3, 0.4) is 0 Å². The Hall–Kier alpha value is -0.950. The van der Waals surface area contributed by atoms with Gasteiger partial charge in [0.1, 0.15) is 0 Å². The Bertz CT molecular complexity index is 611. The number of piperidine rings is 1. The maximum absolute atomic E-state index is 12.6. The number of hydrogen-bond donors (Lipinski definition) is 1. The van der Waals surface area contributed by atoms with Crippen LogP contribution in [0.5, 0.6) is 0 Å². The smallest absolute Gasteiger partial charge is 0.243 e. The normalized spacial score (nSPS) is 17.0. The van der Waals surface area contributed by atoms with Crippen LogP contribution in [0.25, 0.3) is 0 Å². The zero-order valence-corrected chi connectivity index (χ0v) is 14.5. The van der Waals surface area contributed by atoms with Gasteiger partial charge < -0.3 is 5.32 Å². The molecule has 0 saturated carbocycles. The number of Topliss-reactive ketones (excluding diaryl/α,β-unsaturated/α-hetero) is 1. The van der Waals surface area contributed by atoms with Crippen molar-refractivity contribution in [3.05, 3.63) is 29.8 Å². The van der Waals surface area contributed by atoms with Crippen LogP contribution in [0.4, 0.5) is 0 Å². The molecule has 1 heterocycles. The van der Waals surface area contributed by atoms with Gasteiger partial charge in [-0.15, -0.1) is 12.4 Å². The summed E-state index contributed by atoms with van der Waals surface area (Å²) in [5.41, 5.74) is 0.432. The van der Waals surface area contributed by atoms with Crippen molar-refractivity contribution in [1.82, 2.24) is 9.62 Å². The minimum atomic E-state index is -3.50. The predicted octanol–water partition coefficient (Wildman–Crippen LogP) is 1.93. The SMILES string of the molecule is CNCC1CCN(S(=O)(=O)c2cccc(C(C)=O)c2)CC1.Cl. The summed E-state index contributed by atoms with van der Waals surface area (Å²) >= 11 is 0. The Morgan fingerprint density at radius 3 is 2.50 bits per heavy atom. The molecule has 0 aliphatic carbocycles. The minimum Gasteiger partial charge on any atom is -0.319 e. The first-order valence-electron chi connectivity index (χ1n) is 7.21. The van der Waals surface area contributed by atoms with E-state index in [4.69, 9.17) is 0 Å². The lowest BCUT2D eigenvalue weighted by Crippen LogP contribution is -2.40. The fraction of sp³-hybridized carbons (Fsp3) is 0.533. The van der Waals surface area contributed by atoms with E-state index in [1.807, 2.05) is 7.05 Å². The second-order valence-electron chi connectivity index (χ2n) is 5.49. The summed E-state index contributed by atoms with van der Waals surface area (Å²) in [6.07, 6.45) is 1.74. The third kappa shape index (κ3) is 4.29. The van der Waals surface area contributed by atoms with E-state index < -0.39 is 10.0 Å². The molecule has 7 heteroatoms. The van der Waals surface area contributed by atoms with E-state index in [1.54, 1.807) is 18.2 Å². The summed E-state index contributed by atoms with van der Waals surface area (Å²) in [7, 11) is -1.58. The van der Waals surface area contributed by atoms with Gasteiger partial charge in [0, 0.05) is 18.7 Å². The van der Waals surface area contributed by atoms with Crippen molar-refractivity contribution < 1.29 is 13.2 Å². The van der Waals surface area contributed by atoms with Gasteiger partial charge in [-0.05, 0) is 51.4 Å². The van der Waals surface area contributed by atoms with E-state index in [-0.39, 0.29) is 23.1 Å². The number of sulfonamides is 1. The third-order valence-electron chi connectivity index (χ3n) is 3.94. The van der Waals surface area contributed by atoms with Gasteiger partial charge in [0.25, 0.3) is 0 Å². The van der Waals surface area contributed by atoms with Crippen molar-refractivity contribution in [2.24, 2.45) is 5.92 Å². The van der Waals surface area contributed by atoms with Gasteiger partial charge in [0.15, 0.2) is 5.78 Å². The Morgan fingerprint density at radius 1 is 1.32 bits per heavy atom. The van der Waals surface area contributed by atoms with Crippen LogP contribution in [0.2, 0.25) is 0 Å². The topological polar surface area (TPSA) is 66.5 Å². The zero-order chi connectivity index (χ0) is 15.5. The lowest BCUT2D eigenvalue weighted by atomic mass is 9.98. The summed E-state index contributed by atoms with van der Waals surface area (Å²) in [5.74, 6) is 0.407. The molecule has 1 N–H and O–H groups in total. The summed E-state index contributed by atoms with van der Waals surface area (Å²) in [5, 5.41) is 3.14. The molecule has 1 aromatic rings. The maximum Gasteiger partial charge on any atom is 0.243 e. The van der Waals surface area contributed by atoms with E-state index in [1.165, 1.54) is 17.3 Å². The molecule has 124 valence electrons. The fourth-order valence-electron chi connectivity index (χ4n) is 2.67. The molecule has 0 amide bonds. The summed E-state index contributed by atoms with van der Waals surface area (Å²) in [6, 6.07) is 6.29. The van der Waals surface area contributed by atoms with E-state index in [9.17, 15) is 13.2 Å². The average molecular weight is 347 g/mol. The molecule has 0 radical (unpaired) electrons. The Balaban J connectivity index is 0.00000242. The Labute approximate surface area is 138 Å². The van der Waals surface area contributed by atoms with Crippen molar-refractivity contribution in [2.45, 2.75) is 24.7 Å².